The molecule has 0 aromatic heterocycles. The maximum Gasteiger partial charge on any atom is 0.169 e. The third kappa shape index (κ3) is 2.83. The molecule has 0 aliphatic heterocycles. The van der Waals surface area contributed by atoms with Gasteiger partial charge in [-0.2, -0.15) is 0 Å². The summed E-state index contributed by atoms with van der Waals surface area (Å²) >= 11 is 0. The van der Waals surface area contributed by atoms with Crippen molar-refractivity contribution in [3.63, 3.8) is 0 Å². The van der Waals surface area contributed by atoms with E-state index < -0.39 is 0 Å². The Balaban J connectivity index is 2.96. The van der Waals surface area contributed by atoms with Gasteiger partial charge in [0.25, 0.3) is 0 Å². The Morgan fingerprint density at radius 2 is 1.39 bits per heavy atom. The lowest BCUT2D eigenvalue weighted by atomic mass is 9.93. The number of benzene rings is 2. The molecule has 0 heterocycles. The molecular formula is C17H16O6. The number of hydrogen-bond acceptors (Lipinski definition) is 6. The summed E-state index contributed by atoms with van der Waals surface area (Å²) in [5.41, 5.74) is 0.758. The topological polar surface area (TPSA) is 93.1 Å². The molecule has 6 nitrogen and oxygen atoms in total. The summed E-state index contributed by atoms with van der Waals surface area (Å²) in [6.45, 7) is 1.96. The average Bonchev–Trinajstić information content (AvgIpc) is 2.56. The van der Waals surface area contributed by atoms with E-state index in [0.29, 0.717) is 12.6 Å². The van der Waals surface area contributed by atoms with Gasteiger partial charge in [-0.25, -0.2) is 0 Å². The fourth-order valence-corrected chi connectivity index (χ4v) is 2.38. The molecule has 0 spiro atoms. The Labute approximate surface area is 132 Å². The molecule has 0 saturated carbocycles. The number of ether oxygens (including phenoxy) is 2. The minimum Gasteiger partial charge on any atom is -0.504 e. The zero-order chi connectivity index (χ0) is 17.0. The minimum atomic E-state index is -0.198. The van der Waals surface area contributed by atoms with Crippen molar-refractivity contribution in [3.05, 3.63) is 35.4 Å². The van der Waals surface area contributed by atoms with Crippen molar-refractivity contribution < 1.29 is 29.3 Å². The molecule has 0 unspecified atom stereocenters. The van der Waals surface area contributed by atoms with Crippen LogP contribution in [0.3, 0.4) is 0 Å². The predicted octanol–water partition coefficient (Wildman–Crippen LogP) is 2.80. The highest BCUT2D eigenvalue weighted by Crippen LogP contribution is 2.47. The zero-order valence-corrected chi connectivity index (χ0v) is 12.7. The molecule has 0 aliphatic carbocycles. The van der Waals surface area contributed by atoms with Crippen molar-refractivity contribution in [1.29, 1.82) is 0 Å². The molecule has 2 N–H and O–H groups in total. The van der Waals surface area contributed by atoms with Gasteiger partial charge in [0.1, 0.15) is 0 Å². The Kier molecular flexibility index (Phi) is 4.85. The van der Waals surface area contributed by atoms with Crippen molar-refractivity contribution in [2.75, 3.05) is 13.7 Å². The van der Waals surface area contributed by atoms with E-state index in [2.05, 4.69) is 0 Å². The first-order valence-corrected chi connectivity index (χ1v) is 6.88. The van der Waals surface area contributed by atoms with Gasteiger partial charge in [-0.05, 0) is 31.2 Å². The van der Waals surface area contributed by atoms with Gasteiger partial charge in [0, 0.05) is 22.3 Å². The second-order valence-corrected chi connectivity index (χ2v) is 4.63. The van der Waals surface area contributed by atoms with E-state index in [9.17, 15) is 19.8 Å². The van der Waals surface area contributed by atoms with Gasteiger partial charge >= 0.3 is 0 Å². The average molecular weight is 316 g/mol. The number of carbonyl (C=O) groups excluding carboxylic acids is 2. The van der Waals surface area contributed by atoms with E-state index in [1.807, 2.05) is 0 Å². The van der Waals surface area contributed by atoms with Gasteiger partial charge < -0.3 is 19.7 Å². The molecule has 0 atom stereocenters. The number of phenols is 2. The number of rotatable bonds is 6. The van der Waals surface area contributed by atoms with E-state index in [1.165, 1.54) is 31.4 Å². The van der Waals surface area contributed by atoms with Crippen LogP contribution in [-0.4, -0.2) is 36.5 Å². The van der Waals surface area contributed by atoms with Crippen LogP contribution in [0.15, 0.2) is 24.3 Å². The smallest absolute Gasteiger partial charge is 0.169 e. The van der Waals surface area contributed by atoms with Gasteiger partial charge in [0.05, 0.1) is 13.7 Å². The lowest BCUT2D eigenvalue weighted by molar-refractivity contribution is 0.111. The van der Waals surface area contributed by atoms with Crippen LogP contribution in [0.1, 0.15) is 27.6 Å². The predicted molar refractivity (Wildman–Crippen MR) is 83.7 cm³/mol. The molecule has 23 heavy (non-hydrogen) atoms. The van der Waals surface area contributed by atoms with Crippen molar-refractivity contribution in [3.8, 4) is 34.1 Å². The third-order valence-electron chi connectivity index (χ3n) is 3.34. The number of aromatic hydroxyl groups is 2. The van der Waals surface area contributed by atoms with Crippen molar-refractivity contribution in [1.82, 2.24) is 0 Å². The number of aldehydes is 2. The van der Waals surface area contributed by atoms with Crippen LogP contribution >= 0.6 is 0 Å². The molecule has 2 aromatic carbocycles. The molecule has 120 valence electrons. The van der Waals surface area contributed by atoms with Crippen molar-refractivity contribution >= 4 is 12.6 Å². The van der Waals surface area contributed by atoms with E-state index in [-0.39, 0.29) is 51.9 Å². The van der Waals surface area contributed by atoms with E-state index >= 15 is 0 Å². The van der Waals surface area contributed by atoms with Crippen LogP contribution in [-0.2, 0) is 0 Å². The summed E-state index contributed by atoms with van der Waals surface area (Å²) in [5.74, 6) is -0.321. The number of hydrogen-bond donors (Lipinski definition) is 2. The largest absolute Gasteiger partial charge is 0.504 e. The molecule has 0 radical (unpaired) electrons. The van der Waals surface area contributed by atoms with Gasteiger partial charge in [0.15, 0.2) is 35.6 Å². The van der Waals surface area contributed by atoms with Gasteiger partial charge in [0.2, 0.25) is 0 Å². The molecule has 2 aromatic rings. The fraction of sp³-hybridized carbons (Fsp3) is 0.176. The molecule has 0 fully saturated rings. The SMILES string of the molecule is CCOc1c(O)ccc(C=O)c1-c1c(C=O)ccc(O)c1OC. The lowest BCUT2D eigenvalue weighted by Gasteiger charge is -2.18. The standard InChI is InChI=1S/C17H16O6/c1-3-23-17-13(21)7-5-11(9-19)15(17)14-10(8-18)4-6-12(20)16(14)22-2/h4-9,20-21H,3H2,1-2H3. The normalized spacial score (nSPS) is 10.2. The first-order valence-electron chi connectivity index (χ1n) is 6.88. The Bertz CT molecular complexity index is 751. The number of methoxy groups -OCH3 is 1. The number of carbonyl (C=O) groups is 2. The lowest BCUT2D eigenvalue weighted by Crippen LogP contribution is -2.02. The molecular weight excluding hydrogens is 300 g/mol. The maximum atomic E-state index is 11.4. The summed E-state index contributed by atoms with van der Waals surface area (Å²) in [6.07, 6.45) is 1.15. The molecule has 6 heteroatoms. The van der Waals surface area contributed by atoms with Crippen LogP contribution in [0.4, 0.5) is 0 Å². The number of phenolic OH excluding ortho intramolecular Hbond substituents is 2. The fourth-order valence-electron chi connectivity index (χ4n) is 2.38. The molecule has 0 amide bonds. The van der Waals surface area contributed by atoms with Crippen molar-refractivity contribution in [2.45, 2.75) is 6.92 Å². The minimum absolute atomic E-state index is 0.0178. The summed E-state index contributed by atoms with van der Waals surface area (Å²) < 4.78 is 10.6. The Morgan fingerprint density at radius 3 is 1.83 bits per heavy atom. The second kappa shape index (κ2) is 6.83. The van der Waals surface area contributed by atoms with Gasteiger partial charge in [-0.1, -0.05) is 0 Å². The second-order valence-electron chi connectivity index (χ2n) is 4.63. The zero-order valence-electron chi connectivity index (χ0n) is 12.7. The van der Waals surface area contributed by atoms with Crippen LogP contribution in [0.2, 0.25) is 0 Å². The highest BCUT2D eigenvalue weighted by Gasteiger charge is 2.24. The summed E-state index contributed by atoms with van der Waals surface area (Å²) in [4.78, 5) is 22.8. The Hall–Kier alpha value is -3.02. The van der Waals surface area contributed by atoms with Gasteiger partial charge in [-0.15, -0.1) is 0 Å². The molecule has 0 aliphatic rings. The van der Waals surface area contributed by atoms with Crippen LogP contribution in [0.25, 0.3) is 11.1 Å². The van der Waals surface area contributed by atoms with Crippen LogP contribution in [0, 0.1) is 0 Å². The van der Waals surface area contributed by atoms with E-state index in [4.69, 9.17) is 9.47 Å². The van der Waals surface area contributed by atoms with Crippen LogP contribution in [0.5, 0.6) is 23.0 Å². The van der Waals surface area contributed by atoms with E-state index in [1.54, 1.807) is 6.92 Å². The summed E-state index contributed by atoms with van der Waals surface area (Å²) in [6, 6.07) is 5.44. The first-order chi connectivity index (χ1) is 11.1. The third-order valence-corrected chi connectivity index (χ3v) is 3.34. The van der Waals surface area contributed by atoms with E-state index in [0.717, 1.165) is 0 Å². The molecule has 2 rings (SSSR count). The van der Waals surface area contributed by atoms with Crippen LogP contribution < -0.4 is 9.47 Å². The summed E-state index contributed by atoms with van der Waals surface area (Å²) in [7, 11) is 1.33. The van der Waals surface area contributed by atoms with Crippen molar-refractivity contribution in [2.24, 2.45) is 0 Å². The highest BCUT2D eigenvalue weighted by molar-refractivity contribution is 6.00. The molecule has 0 saturated heterocycles. The Morgan fingerprint density at radius 1 is 0.913 bits per heavy atom. The summed E-state index contributed by atoms with van der Waals surface area (Å²) in [5, 5.41) is 20.1. The molecule has 0 bridgehead atoms. The monoisotopic (exact) mass is 316 g/mol. The van der Waals surface area contributed by atoms with Gasteiger partial charge in [-0.3, -0.25) is 9.59 Å². The quantitative estimate of drug-likeness (QED) is 0.796. The maximum absolute atomic E-state index is 11.4. The highest BCUT2D eigenvalue weighted by atomic mass is 16.5. The first kappa shape index (κ1) is 16.4.